The number of nitrogens with zero attached hydrogens (tertiary/aromatic N) is 2. The van der Waals surface area contributed by atoms with Crippen molar-refractivity contribution in [3.05, 3.63) is 45.7 Å². The van der Waals surface area contributed by atoms with E-state index in [1.807, 2.05) is 49.8 Å². The van der Waals surface area contributed by atoms with Crippen molar-refractivity contribution in [2.24, 2.45) is 12.9 Å². The Labute approximate surface area is 133 Å². The van der Waals surface area contributed by atoms with Gasteiger partial charge >= 0.3 is 0 Å². The number of hydrazine groups is 1. The molecule has 1 aromatic heterocycles. The summed E-state index contributed by atoms with van der Waals surface area (Å²) in [5, 5.41) is 4.42. The van der Waals surface area contributed by atoms with Crippen molar-refractivity contribution in [1.29, 1.82) is 0 Å². The molecule has 0 amide bonds. The molecule has 0 bridgehead atoms. The molecule has 6 heteroatoms. The van der Waals surface area contributed by atoms with Crippen LogP contribution in [-0.2, 0) is 13.5 Å². The van der Waals surface area contributed by atoms with Gasteiger partial charge in [0.1, 0.15) is 5.75 Å². The topological polar surface area (TPSA) is 65.1 Å². The maximum atomic E-state index is 5.77. The zero-order valence-corrected chi connectivity index (χ0v) is 14.1. The van der Waals surface area contributed by atoms with Crippen molar-refractivity contribution in [2.75, 3.05) is 6.61 Å². The van der Waals surface area contributed by atoms with E-state index in [2.05, 4.69) is 26.5 Å². The number of ether oxygens (including phenoxy) is 1. The van der Waals surface area contributed by atoms with Gasteiger partial charge in [0.2, 0.25) is 0 Å². The highest BCUT2D eigenvalue weighted by atomic mass is 79.9. The van der Waals surface area contributed by atoms with Crippen LogP contribution in [0.5, 0.6) is 5.75 Å². The van der Waals surface area contributed by atoms with E-state index in [-0.39, 0.29) is 6.04 Å². The Morgan fingerprint density at radius 3 is 2.71 bits per heavy atom. The number of rotatable bonds is 6. The van der Waals surface area contributed by atoms with Crippen LogP contribution in [0.1, 0.15) is 29.9 Å². The average Bonchev–Trinajstić information content (AvgIpc) is 2.71. The van der Waals surface area contributed by atoms with Crippen LogP contribution < -0.4 is 16.0 Å². The summed E-state index contributed by atoms with van der Waals surface area (Å²) in [6.45, 7) is 4.58. The lowest BCUT2D eigenvalue weighted by Crippen LogP contribution is -2.30. The Morgan fingerprint density at radius 1 is 1.43 bits per heavy atom. The predicted molar refractivity (Wildman–Crippen MR) is 87.0 cm³/mol. The molecule has 1 unspecified atom stereocenters. The predicted octanol–water partition coefficient (Wildman–Crippen LogP) is 2.64. The molecule has 0 aliphatic heterocycles. The fraction of sp³-hybridized carbons (Fsp3) is 0.400. The Kier molecular flexibility index (Phi) is 5.39. The molecule has 5 nitrogen and oxygen atoms in total. The molecule has 0 spiro atoms. The first kappa shape index (κ1) is 16.0. The van der Waals surface area contributed by atoms with Gasteiger partial charge < -0.3 is 4.74 Å². The molecule has 1 aromatic carbocycles. The highest BCUT2D eigenvalue weighted by molar-refractivity contribution is 9.10. The molecule has 2 aromatic rings. The number of aromatic nitrogens is 2. The van der Waals surface area contributed by atoms with Gasteiger partial charge in [-0.3, -0.25) is 16.0 Å². The number of nitrogens with one attached hydrogen (secondary N) is 1. The maximum Gasteiger partial charge on any atom is 0.124 e. The van der Waals surface area contributed by atoms with Crippen LogP contribution in [0.25, 0.3) is 0 Å². The third-order valence-electron chi connectivity index (χ3n) is 3.45. The van der Waals surface area contributed by atoms with E-state index in [0.717, 1.165) is 33.6 Å². The van der Waals surface area contributed by atoms with Crippen molar-refractivity contribution in [3.8, 4) is 5.75 Å². The van der Waals surface area contributed by atoms with E-state index >= 15 is 0 Å². The summed E-state index contributed by atoms with van der Waals surface area (Å²) >= 11 is 3.60. The number of hydrogen-bond acceptors (Lipinski definition) is 4. The molecule has 0 fully saturated rings. The second kappa shape index (κ2) is 7.06. The van der Waals surface area contributed by atoms with E-state index in [9.17, 15) is 0 Å². The number of hydrogen-bond donors (Lipinski definition) is 2. The Balaban J connectivity index is 2.32. The molecular weight excluding hydrogens is 332 g/mol. The van der Waals surface area contributed by atoms with Crippen molar-refractivity contribution < 1.29 is 4.74 Å². The number of aryl methyl sites for hydroxylation is 2. The van der Waals surface area contributed by atoms with E-state index < -0.39 is 0 Å². The molecule has 0 aliphatic carbocycles. The van der Waals surface area contributed by atoms with Gasteiger partial charge in [-0.25, -0.2) is 0 Å². The van der Waals surface area contributed by atoms with Crippen LogP contribution in [0, 0.1) is 6.92 Å². The molecule has 1 atom stereocenters. The minimum atomic E-state index is -0.0427. The van der Waals surface area contributed by atoms with Crippen LogP contribution in [0.2, 0.25) is 0 Å². The Morgan fingerprint density at radius 2 is 2.14 bits per heavy atom. The molecule has 0 saturated heterocycles. The molecule has 0 radical (unpaired) electrons. The van der Waals surface area contributed by atoms with Gasteiger partial charge in [-0.05, 0) is 35.8 Å². The second-order valence-corrected chi connectivity index (χ2v) is 5.66. The highest BCUT2D eigenvalue weighted by Gasteiger charge is 2.20. The summed E-state index contributed by atoms with van der Waals surface area (Å²) in [6, 6.07) is 7.91. The van der Waals surface area contributed by atoms with Crippen LogP contribution >= 0.6 is 15.9 Å². The third-order valence-corrected chi connectivity index (χ3v) is 4.49. The summed E-state index contributed by atoms with van der Waals surface area (Å²) in [7, 11) is 1.94. The van der Waals surface area contributed by atoms with Gasteiger partial charge in [-0.15, -0.1) is 0 Å². The quantitative estimate of drug-likeness (QED) is 0.619. The lowest BCUT2D eigenvalue weighted by atomic mass is 10.0. The number of para-hydroxylation sites is 1. The van der Waals surface area contributed by atoms with Crippen LogP contribution in [-0.4, -0.2) is 16.4 Å². The van der Waals surface area contributed by atoms with Crippen LogP contribution in [0.4, 0.5) is 0 Å². The highest BCUT2D eigenvalue weighted by Crippen LogP contribution is 2.30. The minimum absolute atomic E-state index is 0.0427. The van der Waals surface area contributed by atoms with Crippen LogP contribution in [0.15, 0.2) is 28.7 Å². The average molecular weight is 353 g/mol. The molecule has 21 heavy (non-hydrogen) atoms. The third kappa shape index (κ3) is 3.45. The van der Waals surface area contributed by atoms with Crippen molar-refractivity contribution in [2.45, 2.75) is 26.3 Å². The van der Waals surface area contributed by atoms with Crippen molar-refractivity contribution in [1.82, 2.24) is 15.2 Å². The maximum absolute atomic E-state index is 5.77. The van der Waals surface area contributed by atoms with Crippen molar-refractivity contribution in [3.63, 3.8) is 0 Å². The standard InChI is InChI=1S/C15H21BrN4O/c1-4-21-14-8-6-5-7-11(14)12(18-17)9-13-15(16)10(2)19-20(13)3/h5-8,12,18H,4,9,17H2,1-3H3. The van der Waals surface area contributed by atoms with E-state index in [4.69, 9.17) is 10.6 Å². The lowest BCUT2D eigenvalue weighted by Gasteiger charge is -2.20. The molecule has 1 heterocycles. The van der Waals surface area contributed by atoms with Crippen molar-refractivity contribution >= 4 is 15.9 Å². The van der Waals surface area contributed by atoms with E-state index in [1.54, 1.807) is 0 Å². The fourth-order valence-electron chi connectivity index (χ4n) is 2.41. The first-order chi connectivity index (χ1) is 10.1. The summed E-state index contributed by atoms with van der Waals surface area (Å²) in [5.41, 5.74) is 6.01. The Bertz CT molecular complexity index is 612. The minimum Gasteiger partial charge on any atom is -0.494 e. The summed E-state index contributed by atoms with van der Waals surface area (Å²) in [4.78, 5) is 0. The van der Waals surface area contributed by atoms with Gasteiger partial charge in [-0.1, -0.05) is 18.2 Å². The zero-order chi connectivity index (χ0) is 15.4. The lowest BCUT2D eigenvalue weighted by molar-refractivity contribution is 0.331. The number of benzene rings is 1. The smallest absolute Gasteiger partial charge is 0.124 e. The number of halogens is 1. The molecule has 0 aliphatic rings. The van der Waals surface area contributed by atoms with Crippen LogP contribution in [0.3, 0.4) is 0 Å². The van der Waals surface area contributed by atoms with Gasteiger partial charge in [0.05, 0.1) is 28.5 Å². The fourth-order valence-corrected chi connectivity index (χ4v) is 2.91. The van der Waals surface area contributed by atoms with Gasteiger partial charge in [-0.2, -0.15) is 5.10 Å². The second-order valence-electron chi connectivity index (χ2n) is 4.86. The van der Waals surface area contributed by atoms with Gasteiger partial charge in [0.15, 0.2) is 0 Å². The summed E-state index contributed by atoms with van der Waals surface area (Å²) < 4.78 is 8.60. The molecule has 3 N–H and O–H groups in total. The normalized spacial score (nSPS) is 12.4. The molecule has 2 rings (SSSR count). The monoisotopic (exact) mass is 352 g/mol. The zero-order valence-electron chi connectivity index (χ0n) is 12.6. The van der Waals surface area contributed by atoms with E-state index in [1.165, 1.54) is 0 Å². The molecule has 0 saturated carbocycles. The molecule has 114 valence electrons. The first-order valence-corrected chi connectivity index (χ1v) is 7.73. The number of nitrogens with two attached hydrogens (primary N) is 1. The molecular formula is C15H21BrN4O. The largest absolute Gasteiger partial charge is 0.494 e. The first-order valence-electron chi connectivity index (χ1n) is 6.94. The van der Waals surface area contributed by atoms with Gasteiger partial charge in [0.25, 0.3) is 0 Å². The summed E-state index contributed by atoms with van der Waals surface area (Å²) in [5.74, 6) is 6.63. The SMILES string of the molecule is CCOc1ccccc1C(Cc1c(Br)c(C)nn1C)NN. The summed E-state index contributed by atoms with van der Waals surface area (Å²) in [6.07, 6.45) is 0.721. The Hall–Kier alpha value is -1.37. The van der Waals surface area contributed by atoms with E-state index in [0.29, 0.717) is 6.61 Å². The van der Waals surface area contributed by atoms with Gasteiger partial charge in [0, 0.05) is 19.0 Å².